The van der Waals surface area contributed by atoms with Crippen LogP contribution in [-0.4, -0.2) is 31.8 Å². The van der Waals surface area contributed by atoms with Crippen LogP contribution in [0.1, 0.15) is 69.0 Å². The second-order valence-electron chi connectivity index (χ2n) is 10.0. The zero-order chi connectivity index (χ0) is 26.6. The highest BCUT2D eigenvalue weighted by Crippen LogP contribution is 2.45. The predicted octanol–water partition coefficient (Wildman–Crippen LogP) is 7.75. The van der Waals surface area contributed by atoms with Crippen LogP contribution in [0.4, 0.5) is 11.5 Å². The molecule has 194 valence electrons. The lowest BCUT2D eigenvalue weighted by molar-refractivity contribution is 0.579. The molecule has 1 N–H and O–H groups in total. The van der Waals surface area contributed by atoms with Crippen molar-refractivity contribution in [2.45, 2.75) is 60.3 Å². The molecule has 37 heavy (non-hydrogen) atoms. The lowest BCUT2D eigenvalue weighted by Gasteiger charge is -2.18. The van der Waals surface area contributed by atoms with E-state index in [1.807, 2.05) is 35.0 Å². The number of hydrogen-bond acceptors (Lipinski definition) is 5. The summed E-state index contributed by atoms with van der Waals surface area (Å²) < 4.78 is 15.5. The minimum absolute atomic E-state index is 0.159. The smallest absolute Gasteiger partial charge is 0.169 e. The molecule has 0 spiro atoms. The van der Waals surface area contributed by atoms with Crippen LogP contribution in [0.5, 0.6) is 0 Å². The highest BCUT2D eigenvalue weighted by Gasteiger charge is 2.22. The number of hydrogen-bond donors (Lipinski definition) is 1. The first-order valence-corrected chi connectivity index (χ1v) is 15.3. The molecule has 0 bridgehead atoms. The van der Waals surface area contributed by atoms with Gasteiger partial charge < -0.3 is 9.88 Å². The van der Waals surface area contributed by atoms with Gasteiger partial charge in [-0.25, -0.2) is 15.0 Å². The molecule has 0 atom stereocenters. The molecule has 7 heteroatoms. The Balaban J connectivity index is 1.69. The molecule has 0 aliphatic rings. The first kappa shape index (κ1) is 26.8. The molecule has 0 saturated heterocycles. The number of nitrogens with zero attached hydrogens (tertiary/aromatic N) is 4. The number of benzene rings is 2. The van der Waals surface area contributed by atoms with Crippen molar-refractivity contribution in [1.29, 1.82) is 0 Å². The Morgan fingerprint density at radius 3 is 2.22 bits per heavy atom. The van der Waals surface area contributed by atoms with Crippen LogP contribution in [0, 0.1) is 13.8 Å². The number of nitrogens with one attached hydrogen (secondary N) is 1. The van der Waals surface area contributed by atoms with Crippen LogP contribution in [0.3, 0.4) is 0 Å². The lowest BCUT2D eigenvalue weighted by Crippen LogP contribution is -2.11. The fourth-order valence-electron chi connectivity index (χ4n) is 4.68. The van der Waals surface area contributed by atoms with Crippen LogP contribution in [0.2, 0.25) is 0 Å². The van der Waals surface area contributed by atoms with Crippen molar-refractivity contribution in [3.63, 3.8) is 0 Å². The van der Waals surface area contributed by atoms with Gasteiger partial charge in [0.15, 0.2) is 17.0 Å². The summed E-state index contributed by atoms with van der Waals surface area (Å²) in [5, 5.41) is 4.41. The summed E-state index contributed by atoms with van der Waals surface area (Å²) in [6.07, 6.45) is 9.27. The van der Waals surface area contributed by atoms with Gasteiger partial charge in [-0.05, 0) is 73.7 Å². The van der Waals surface area contributed by atoms with Crippen LogP contribution in [-0.2, 0) is 4.57 Å². The first-order chi connectivity index (χ1) is 17.8. The molecule has 2 aromatic carbocycles. The minimum Gasteiger partial charge on any atom is -0.338 e. The van der Waals surface area contributed by atoms with E-state index in [1.54, 1.807) is 6.33 Å². The average molecular weight is 516 g/mol. The summed E-state index contributed by atoms with van der Waals surface area (Å²) in [4.78, 5) is 14.3. The van der Waals surface area contributed by atoms with Crippen molar-refractivity contribution in [2.24, 2.45) is 0 Å². The highest BCUT2D eigenvalue weighted by molar-refractivity contribution is 7.71. The highest BCUT2D eigenvalue weighted by atomic mass is 31.2. The van der Waals surface area contributed by atoms with Crippen molar-refractivity contribution in [2.75, 3.05) is 17.6 Å². The maximum Gasteiger partial charge on any atom is 0.169 e. The second kappa shape index (κ2) is 11.4. The summed E-state index contributed by atoms with van der Waals surface area (Å²) >= 11 is 0. The van der Waals surface area contributed by atoms with Crippen molar-refractivity contribution >= 4 is 47.4 Å². The minimum atomic E-state index is -2.35. The molecule has 2 heterocycles. The van der Waals surface area contributed by atoms with E-state index in [1.165, 1.54) is 16.7 Å². The topological polar surface area (TPSA) is 72.7 Å². The molecule has 0 radical (unpaired) electrons. The van der Waals surface area contributed by atoms with Gasteiger partial charge in [0.05, 0.1) is 0 Å². The molecule has 4 rings (SSSR count). The second-order valence-corrected chi connectivity index (χ2v) is 13.2. The number of imidazole rings is 1. The fourth-order valence-corrected chi connectivity index (χ4v) is 7.56. The molecular formula is C30H38N5OP. The van der Waals surface area contributed by atoms with Gasteiger partial charge in [-0.1, -0.05) is 45.9 Å². The standard InChI is InChI=1S/C30H38N5OP/c1-7-18-37(36,19-8-2)25-14-12-24(13-15-25)32-29-27-30(34-28(33-29)21(3)4)35(20-31-27)17-16-26-22(5)10-9-11-23(26)6/h9-17,20-21H,7-8,18-19H2,1-6H3,(H,32,33,34)/b17-16-. The predicted molar refractivity (Wildman–Crippen MR) is 158 cm³/mol. The Hall–Kier alpha value is -3.24. The van der Waals surface area contributed by atoms with E-state index in [0.29, 0.717) is 11.3 Å². The van der Waals surface area contributed by atoms with Gasteiger partial charge in [-0.15, -0.1) is 0 Å². The van der Waals surface area contributed by atoms with E-state index in [9.17, 15) is 4.57 Å². The van der Waals surface area contributed by atoms with Crippen molar-refractivity contribution in [3.8, 4) is 0 Å². The van der Waals surface area contributed by atoms with E-state index in [0.717, 1.165) is 47.6 Å². The molecule has 6 nitrogen and oxygen atoms in total. The largest absolute Gasteiger partial charge is 0.338 e. The summed E-state index contributed by atoms with van der Waals surface area (Å²) in [7, 11) is -2.35. The molecule has 0 aliphatic heterocycles. The number of aryl methyl sites for hydroxylation is 2. The van der Waals surface area contributed by atoms with Crippen molar-refractivity contribution in [3.05, 3.63) is 71.3 Å². The van der Waals surface area contributed by atoms with Gasteiger partial charge in [0.25, 0.3) is 0 Å². The van der Waals surface area contributed by atoms with E-state index < -0.39 is 7.14 Å². The summed E-state index contributed by atoms with van der Waals surface area (Å²) in [5.41, 5.74) is 6.01. The summed E-state index contributed by atoms with van der Waals surface area (Å²) in [6.45, 7) is 12.6. The number of fused-ring (bicyclic) bond motifs is 1. The number of aromatic nitrogens is 4. The molecule has 0 fully saturated rings. The Morgan fingerprint density at radius 1 is 0.973 bits per heavy atom. The Bertz CT molecular complexity index is 1420. The monoisotopic (exact) mass is 515 g/mol. The first-order valence-electron chi connectivity index (χ1n) is 13.2. The zero-order valence-corrected chi connectivity index (χ0v) is 23.7. The van der Waals surface area contributed by atoms with E-state index in [2.05, 4.69) is 76.1 Å². The molecular weight excluding hydrogens is 477 g/mol. The van der Waals surface area contributed by atoms with E-state index >= 15 is 0 Å². The maximum absolute atomic E-state index is 13.5. The quantitative estimate of drug-likeness (QED) is 0.219. The van der Waals surface area contributed by atoms with Crippen LogP contribution in [0.15, 0.2) is 48.8 Å². The maximum atomic E-state index is 13.5. The molecule has 4 aromatic rings. The third kappa shape index (κ3) is 5.86. The summed E-state index contributed by atoms with van der Waals surface area (Å²) in [5.74, 6) is 1.59. The SMILES string of the molecule is CCCP(=O)(CCC)c1ccc(Nc2nc(C(C)C)nc3c2ncn3/C=C\c2c(C)cccc2C)cc1. The molecule has 0 amide bonds. The lowest BCUT2D eigenvalue weighted by atomic mass is 10.0. The van der Waals surface area contributed by atoms with Crippen molar-refractivity contribution in [1.82, 2.24) is 19.5 Å². The molecule has 0 aliphatic carbocycles. The van der Waals surface area contributed by atoms with Gasteiger partial charge in [0, 0.05) is 35.4 Å². The number of anilines is 2. The average Bonchev–Trinajstić information content (AvgIpc) is 3.28. The Morgan fingerprint density at radius 2 is 1.62 bits per heavy atom. The van der Waals surface area contributed by atoms with Gasteiger partial charge in [-0.2, -0.15) is 0 Å². The molecule has 2 aromatic heterocycles. The van der Waals surface area contributed by atoms with E-state index in [-0.39, 0.29) is 5.92 Å². The Kier molecular flexibility index (Phi) is 8.29. The van der Waals surface area contributed by atoms with Crippen LogP contribution >= 0.6 is 7.14 Å². The van der Waals surface area contributed by atoms with Gasteiger partial charge >= 0.3 is 0 Å². The molecule has 0 unspecified atom stereocenters. The third-order valence-electron chi connectivity index (χ3n) is 6.67. The fraction of sp³-hybridized carbons (Fsp3) is 0.367. The van der Waals surface area contributed by atoms with E-state index in [4.69, 9.17) is 9.97 Å². The molecule has 0 saturated carbocycles. The van der Waals surface area contributed by atoms with Crippen LogP contribution in [0.25, 0.3) is 23.4 Å². The zero-order valence-electron chi connectivity index (χ0n) is 22.8. The number of rotatable bonds is 10. The van der Waals surface area contributed by atoms with Gasteiger partial charge in [-0.3, -0.25) is 4.57 Å². The van der Waals surface area contributed by atoms with Gasteiger partial charge in [0.2, 0.25) is 0 Å². The third-order valence-corrected chi connectivity index (χ3v) is 10.2. The van der Waals surface area contributed by atoms with Crippen molar-refractivity contribution < 1.29 is 4.57 Å². The Labute approximate surface area is 220 Å². The van der Waals surface area contributed by atoms with Crippen LogP contribution < -0.4 is 10.6 Å². The summed E-state index contributed by atoms with van der Waals surface area (Å²) in [6, 6.07) is 14.3. The normalized spacial score (nSPS) is 12.2. The van der Waals surface area contributed by atoms with Gasteiger partial charge in [0.1, 0.15) is 19.3 Å².